The highest BCUT2D eigenvalue weighted by molar-refractivity contribution is 6.31. The number of hydrogen-bond donors (Lipinski definition) is 2. The molecule has 2 N–H and O–H groups in total. The predicted octanol–water partition coefficient (Wildman–Crippen LogP) is 1.02. The monoisotopic (exact) mass is 338 g/mol. The van der Waals surface area contributed by atoms with Gasteiger partial charge < -0.3 is 15.2 Å². The molecule has 0 bridgehead atoms. The first kappa shape index (κ1) is 16.8. The van der Waals surface area contributed by atoms with Gasteiger partial charge in [-0.25, -0.2) is 4.68 Å². The molecule has 0 aliphatic rings. The second-order valence-corrected chi connectivity index (χ2v) is 5.14. The third-order valence-corrected chi connectivity index (χ3v) is 3.34. The Morgan fingerprint density at radius 2 is 2.22 bits per heavy atom. The minimum Gasteiger partial charge on any atom is -0.483 e. The van der Waals surface area contributed by atoms with Gasteiger partial charge in [0, 0.05) is 10.6 Å². The van der Waals surface area contributed by atoms with E-state index in [4.69, 9.17) is 21.4 Å². The second kappa shape index (κ2) is 7.59. The van der Waals surface area contributed by atoms with E-state index in [1.165, 1.54) is 10.9 Å². The van der Waals surface area contributed by atoms with E-state index < -0.39 is 5.97 Å². The van der Waals surface area contributed by atoms with Crippen molar-refractivity contribution in [3.8, 4) is 5.75 Å². The number of aromatic nitrogens is 3. The predicted molar refractivity (Wildman–Crippen MR) is 81.2 cm³/mol. The van der Waals surface area contributed by atoms with Gasteiger partial charge in [0.2, 0.25) is 0 Å². The van der Waals surface area contributed by atoms with E-state index in [1.807, 2.05) is 0 Å². The molecular formula is C14H15ClN4O4. The number of hydrogen-bond acceptors (Lipinski definition) is 5. The summed E-state index contributed by atoms with van der Waals surface area (Å²) in [6.07, 6.45) is 1.45. The van der Waals surface area contributed by atoms with Crippen LogP contribution < -0.4 is 10.1 Å². The second-order valence-electron chi connectivity index (χ2n) is 4.73. The third kappa shape index (κ3) is 4.96. The number of ether oxygens (including phenoxy) is 1. The molecule has 2 rings (SSSR count). The Balaban J connectivity index is 1.80. The number of aliphatic carboxylic acids is 1. The van der Waals surface area contributed by atoms with Crippen LogP contribution in [-0.4, -0.2) is 38.6 Å². The van der Waals surface area contributed by atoms with E-state index in [0.29, 0.717) is 16.5 Å². The van der Waals surface area contributed by atoms with E-state index in [2.05, 4.69) is 15.6 Å². The van der Waals surface area contributed by atoms with Crippen LogP contribution in [0.25, 0.3) is 0 Å². The molecule has 1 heterocycles. The molecule has 1 amide bonds. The first-order valence-electron chi connectivity index (χ1n) is 6.71. The molecule has 9 heteroatoms. The Morgan fingerprint density at radius 1 is 1.43 bits per heavy atom. The Morgan fingerprint density at radius 3 is 2.96 bits per heavy atom. The van der Waals surface area contributed by atoms with Crippen molar-refractivity contribution in [3.63, 3.8) is 0 Å². The Hall–Kier alpha value is -2.61. The van der Waals surface area contributed by atoms with Crippen molar-refractivity contribution in [1.29, 1.82) is 0 Å². The summed E-state index contributed by atoms with van der Waals surface area (Å²) >= 11 is 5.97. The summed E-state index contributed by atoms with van der Waals surface area (Å²) in [4.78, 5) is 22.3. The molecule has 0 spiro atoms. The minimum atomic E-state index is -1.02. The van der Waals surface area contributed by atoms with E-state index in [1.54, 1.807) is 25.1 Å². The number of carbonyl (C=O) groups is 2. The van der Waals surface area contributed by atoms with Gasteiger partial charge in [-0.2, -0.15) is 0 Å². The number of carboxylic acids is 1. The zero-order valence-electron chi connectivity index (χ0n) is 12.3. The van der Waals surface area contributed by atoms with Gasteiger partial charge in [-0.3, -0.25) is 9.59 Å². The largest absolute Gasteiger partial charge is 0.483 e. The molecule has 122 valence electrons. The summed E-state index contributed by atoms with van der Waals surface area (Å²) in [6, 6.07) is 5.21. The van der Waals surface area contributed by atoms with Gasteiger partial charge >= 0.3 is 5.97 Å². The van der Waals surface area contributed by atoms with E-state index in [0.717, 1.165) is 5.56 Å². The molecule has 23 heavy (non-hydrogen) atoms. The van der Waals surface area contributed by atoms with Crippen molar-refractivity contribution in [2.75, 3.05) is 6.61 Å². The van der Waals surface area contributed by atoms with Crippen molar-refractivity contribution in [2.24, 2.45) is 0 Å². The number of rotatable bonds is 7. The van der Waals surface area contributed by atoms with Crippen LogP contribution in [0.5, 0.6) is 5.75 Å². The summed E-state index contributed by atoms with van der Waals surface area (Å²) in [6.45, 7) is 1.50. The molecule has 0 unspecified atom stereocenters. The van der Waals surface area contributed by atoms with Crippen LogP contribution in [0, 0.1) is 6.92 Å². The van der Waals surface area contributed by atoms with Crippen LogP contribution in [0.1, 0.15) is 11.3 Å². The SMILES string of the molecule is Cc1c(Cl)cccc1OCC(=O)NCc1cn(CC(=O)O)nn1. The van der Waals surface area contributed by atoms with Crippen LogP contribution >= 0.6 is 11.6 Å². The summed E-state index contributed by atoms with van der Waals surface area (Å²) < 4.78 is 6.59. The lowest BCUT2D eigenvalue weighted by molar-refractivity contribution is -0.138. The molecule has 2 aromatic rings. The standard InChI is InChI=1S/C14H15ClN4O4/c1-9-11(15)3-2-4-12(9)23-8-13(20)16-5-10-6-19(18-17-10)7-14(21)22/h2-4,6H,5,7-8H2,1H3,(H,16,20)(H,21,22). The fourth-order valence-electron chi connectivity index (χ4n) is 1.76. The minimum absolute atomic E-state index is 0.135. The smallest absolute Gasteiger partial charge is 0.325 e. The topological polar surface area (TPSA) is 106 Å². The lowest BCUT2D eigenvalue weighted by Gasteiger charge is -2.09. The van der Waals surface area contributed by atoms with Crippen LogP contribution in [0.3, 0.4) is 0 Å². The Kier molecular flexibility index (Phi) is 5.53. The zero-order valence-corrected chi connectivity index (χ0v) is 13.1. The van der Waals surface area contributed by atoms with Gasteiger partial charge in [0.15, 0.2) is 6.61 Å². The van der Waals surface area contributed by atoms with Crippen LogP contribution in [0.15, 0.2) is 24.4 Å². The molecule has 0 aliphatic heterocycles. The number of carboxylic acid groups (broad SMARTS) is 1. The quantitative estimate of drug-likeness (QED) is 0.780. The van der Waals surface area contributed by atoms with Gasteiger partial charge in [0.1, 0.15) is 18.0 Å². The molecule has 0 saturated heterocycles. The highest BCUT2D eigenvalue weighted by Crippen LogP contribution is 2.24. The third-order valence-electron chi connectivity index (χ3n) is 2.93. The fraction of sp³-hybridized carbons (Fsp3) is 0.286. The van der Waals surface area contributed by atoms with Gasteiger partial charge in [-0.1, -0.05) is 22.9 Å². The maximum atomic E-state index is 11.8. The molecule has 1 aromatic heterocycles. The number of amides is 1. The molecule has 0 radical (unpaired) electrons. The van der Waals surface area contributed by atoms with E-state index in [9.17, 15) is 9.59 Å². The number of benzene rings is 1. The molecule has 0 saturated carbocycles. The number of nitrogens with zero attached hydrogens (tertiary/aromatic N) is 3. The Bertz CT molecular complexity index is 717. The van der Waals surface area contributed by atoms with Crippen molar-refractivity contribution >= 4 is 23.5 Å². The number of nitrogens with one attached hydrogen (secondary N) is 1. The van der Waals surface area contributed by atoms with Gasteiger partial charge in [-0.05, 0) is 19.1 Å². The first-order chi connectivity index (χ1) is 11.0. The first-order valence-corrected chi connectivity index (χ1v) is 7.09. The van der Waals surface area contributed by atoms with Gasteiger partial charge in [-0.15, -0.1) is 5.10 Å². The summed E-state index contributed by atoms with van der Waals surface area (Å²) in [7, 11) is 0. The van der Waals surface area contributed by atoms with Crippen molar-refractivity contribution < 1.29 is 19.4 Å². The molecule has 0 atom stereocenters. The lowest BCUT2D eigenvalue weighted by Crippen LogP contribution is -2.28. The van der Waals surface area contributed by atoms with E-state index >= 15 is 0 Å². The van der Waals surface area contributed by atoms with Gasteiger partial charge in [0.25, 0.3) is 5.91 Å². The summed E-state index contributed by atoms with van der Waals surface area (Å²) in [5.41, 5.74) is 1.22. The highest BCUT2D eigenvalue weighted by Gasteiger charge is 2.08. The molecule has 1 aromatic carbocycles. The van der Waals surface area contributed by atoms with Gasteiger partial charge in [0.05, 0.1) is 12.7 Å². The molecule has 0 fully saturated rings. The number of carbonyl (C=O) groups excluding carboxylic acids is 1. The summed E-state index contributed by atoms with van der Waals surface area (Å²) in [5, 5.41) is 19.2. The van der Waals surface area contributed by atoms with Crippen molar-refractivity contribution in [2.45, 2.75) is 20.0 Å². The normalized spacial score (nSPS) is 10.3. The maximum Gasteiger partial charge on any atom is 0.325 e. The molecule has 0 aliphatic carbocycles. The number of halogens is 1. The maximum absolute atomic E-state index is 11.8. The highest BCUT2D eigenvalue weighted by atomic mass is 35.5. The van der Waals surface area contributed by atoms with Crippen LogP contribution in [-0.2, 0) is 22.7 Å². The molecule has 8 nitrogen and oxygen atoms in total. The average Bonchev–Trinajstić information content (AvgIpc) is 2.93. The summed E-state index contributed by atoms with van der Waals surface area (Å²) in [5.74, 6) is -0.812. The lowest BCUT2D eigenvalue weighted by atomic mass is 10.2. The Labute approximate surface area is 137 Å². The average molecular weight is 339 g/mol. The van der Waals surface area contributed by atoms with Crippen LogP contribution in [0.2, 0.25) is 5.02 Å². The van der Waals surface area contributed by atoms with Crippen molar-refractivity contribution in [1.82, 2.24) is 20.3 Å². The van der Waals surface area contributed by atoms with Crippen LogP contribution in [0.4, 0.5) is 0 Å². The zero-order chi connectivity index (χ0) is 16.8. The van der Waals surface area contributed by atoms with Crippen molar-refractivity contribution in [3.05, 3.63) is 40.7 Å². The molecular weight excluding hydrogens is 324 g/mol. The fourth-order valence-corrected chi connectivity index (χ4v) is 1.93. The van der Waals surface area contributed by atoms with E-state index in [-0.39, 0.29) is 25.6 Å².